The third kappa shape index (κ3) is 26.1. The van der Waals surface area contributed by atoms with Crippen LogP contribution in [-0.2, 0) is 23.1 Å². The number of hydrogen-bond acceptors (Lipinski definition) is 7. The molecule has 0 aliphatic rings. The summed E-state index contributed by atoms with van der Waals surface area (Å²) in [5.74, 6) is -0.397. The second-order valence-electron chi connectivity index (χ2n) is 10.3. The molecule has 0 aromatic rings. The number of likely N-dealkylation sites (N-methyl/N-ethyl adjacent to an activating group) is 1. The molecule has 0 saturated carbocycles. The van der Waals surface area contributed by atoms with Crippen LogP contribution >= 0.6 is 7.82 Å². The zero-order chi connectivity index (χ0) is 26.4. The van der Waals surface area contributed by atoms with Crippen molar-refractivity contribution >= 4 is 13.8 Å². The fourth-order valence-electron chi connectivity index (χ4n) is 3.29. The number of carbonyl (C=O) groups is 1. The lowest BCUT2D eigenvalue weighted by atomic mass is 10.1. The highest BCUT2D eigenvalue weighted by Crippen LogP contribution is 2.38. The van der Waals surface area contributed by atoms with Gasteiger partial charge in [0.25, 0.3) is 7.82 Å². The fourth-order valence-corrected chi connectivity index (χ4v) is 4.03. The van der Waals surface area contributed by atoms with Crippen LogP contribution in [0.15, 0.2) is 12.2 Å². The van der Waals surface area contributed by atoms with Gasteiger partial charge in [0.2, 0.25) is 0 Å². The van der Waals surface area contributed by atoms with Crippen molar-refractivity contribution in [1.82, 2.24) is 0 Å². The Morgan fingerprint density at radius 3 is 2.00 bits per heavy atom. The number of phosphoric ester groups is 1. The van der Waals surface area contributed by atoms with Gasteiger partial charge in [0.15, 0.2) is 0 Å². The lowest BCUT2D eigenvalue weighted by Gasteiger charge is -2.27. The number of phosphoric acid groups is 1. The van der Waals surface area contributed by atoms with Gasteiger partial charge < -0.3 is 28.3 Å². The molecule has 0 fully saturated rings. The quantitative estimate of drug-likeness (QED) is 0.0617. The van der Waals surface area contributed by atoms with Gasteiger partial charge in [-0.2, -0.15) is 0 Å². The van der Waals surface area contributed by atoms with Crippen LogP contribution in [-0.4, -0.2) is 69.2 Å². The van der Waals surface area contributed by atoms with Gasteiger partial charge in [-0.3, -0.25) is 9.36 Å². The highest BCUT2D eigenvalue weighted by Gasteiger charge is 2.16. The van der Waals surface area contributed by atoms with Gasteiger partial charge in [0, 0.05) is 6.42 Å². The largest absolute Gasteiger partial charge is 0.756 e. The Morgan fingerprint density at radius 2 is 1.43 bits per heavy atom. The normalized spacial score (nSPS) is 14.8. The molecule has 0 saturated heterocycles. The highest BCUT2D eigenvalue weighted by molar-refractivity contribution is 7.45. The highest BCUT2D eigenvalue weighted by atomic mass is 31.2. The lowest BCUT2D eigenvalue weighted by molar-refractivity contribution is -0.870. The first-order chi connectivity index (χ1) is 16.6. The summed E-state index contributed by atoms with van der Waals surface area (Å²) >= 11 is 0. The molecule has 0 rings (SSSR count). The van der Waals surface area contributed by atoms with Crippen LogP contribution < -0.4 is 4.89 Å². The summed E-state index contributed by atoms with van der Waals surface area (Å²) in [6, 6.07) is 0. The van der Waals surface area contributed by atoms with Crippen molar-refractivity contribution in [3.8, 4) is 0 Å². The Morgan fingerprint density at radius 1 is 0.886 bits per heavy atom. The van der Waals surface area contributed by atoms with Crippen LogP contribution in [0.2, 0.25) is 0 Å². The molecular formula is C26H52NO7P. The van der Waals surface area contributed by atoms with E-state index in [2.05, 4.69) is 23.6 Å². The van der Waals surface area contributed by atoms with Crippen LogP contribution in [0.5, 0.6) is 0 Å². The van der Waals surface area contributed by atoms with Crippen molar-refractivity contribution < 1.29 is 37.6 Å². The minimum Gasteiger partial charge on any atom is -0.756 e. The molecule has 0 bridgehead atoms. The number of hydrogen-bond donors (Lipinski definition) is 1. The van der Waals surface area contributed by atoms with Gasteiger partial charge in [-0.05, 0) is 32.1 Å². The molecule has 9 heteroatoms. The Labute approximate surface area is 214 Å². The maximum Gasteiger partial charge on any atom is 0.305 e. The molecule has 35 heavy (non-hydrogen) atoms. The first-order valence-corrected chi connectivity index (χ1v) is 14.9. The zero-order valence-corrected chi connectivity index (χ0v) is 23.6. The summed E-state index contributed by atoms with van der Waals surface area (Å²) in [5, 5.41) is 9.79. The lowest BCUT2D eigenvalue weighted by Crippen LogP contribution is -2.37. The number of ether oxygens (including phenoxy) is 1. The molecule has 0 aromatic heterocycles. The van der Waals surface area contributed by atoms with Crippen LogP contribution in [0.25, 0.3) is 0 Å². The number of carbonyl (C=O) groups excluding carboxylic acids is 1. The fraction of sp³-hybridized carbons (Fsp3) is 0.885. The van der Waals surface area contributed by atoms with E-state index < -0.39 is 26.5 Å². The first kappa shape index (κ1) is 34.2. The van der Waals surface area contributed by atoms with Crippen molar-refractivity contribution in [3.05, 3.63) is 12.2 Å². The predicted octanol–water partition coefficient (Wildman–Crippen LogP) is 5.14. The summed E-state index contributed by atoms with van der Waals surface area (Å²) in [6.07, 6.45) is 19.1. The van der Waals surface area contributed by atoms with Gasteiger partial charge in [0.1, 0.15) is 25.9 Å². The number of aliphatic hydroxyl groups is 1. The van der Waals surface area contributed by atoms with Crippen LogP contribution in [0.1, 0.15) is 96.8 Å². The van der Waals surface area contributed by atoms with E-state index in [9.17, 15) is 19.4 Å². The predicted molar refractivity (Wildman–Crippen MR) is 139 cm³/mol. The number of unbranched alkanes of at least 4 members (excludes halogenated alkanes) is 11. The third-order valence-electron chi connectivity index (χ3n) is 5.52. The SMILES string of the molecule is CCCCCCCC/C=C/CCCCCCCC(=O)OC[C@@H](O)COP(=O)([O-])OCC[N+](C)(C)C. The van der Waals surface area contributed by atoms with E-state index in [0.717, 1.165) is 32.1 Å². The van der Waals surface area contributed by atoms with E-state index >= 15 is 0 Å². The van der Waals surface area contributed by atoms with Crippen LogP contribution in [0.3, 0.4) is 0 Å². The Bertz CT molecular complexity index is 593. The summed E-state index contributed by atoms with van der Waals surface area (Å²) in [4.78, 5) is 23.5. The molecule has 0 aromatic carbocycles. The molecular weight excluding hydrogens is 469 g/mol. The maximum atomic E-state index is 11.8. The number of aliphatic hydroxyl groups excluding tert-OH is 1. The third-order valence-corrected chi connectivity index (χ3v) is 6.48. The van der Waals surface area contributed by atoms with Gasteiger partial charge in [-0.15, -0.1) is 0 Å². The second kappa shape index (κ2) is 21.3. The summed E-state index contributed by atoms with van der Waals surface area (Å²) in [6.45, 7) is 1.92. The van der Waals surface area contributed by atoms with Crippen molar-refractivity contribution in [1.29, 1.82) is 0 Å². The molecule has 0 heterocycles. The molecule has 1 unspecified atom stereocenters. The minimum atomic E-state index is -4.49. The second-order valence-corrected chi connectivity index (χ2v) is 11.7. The average Bonchev–Trinajstić information content (AvgIpc) is 2.78. The standard InChI is InChI=1S/C26H52NO7P/c1-5-6-7-8-9-10-11-12-13-14-15-16-17-18-19-20-26(29)32-23-25(28)24-34-35(30,31)33-22-21-27(2,3)4/h12-13,25,28H,5-11,14-24H2,1-4H3/b13-12+/t25-/m1/s1. The van der Waals surface area contributed by atoms with Gasteiger partial charge in [-0.1, -0.05) is 70.4 Å². The van der Waals surface area contributed by atoms with E-state index in [1.165, 1.54) is 51.4 Å². The number of allylic oxidation sites excluding steroid dienone is 2. The smallest absolute Gasteiger partial charge is 0.305 e. The zero-order valence-electron chi connectivity index (χ0n) is 22.8. The molecule has 2 atom stereocenters. The molecule has 0 spiro atoms. The van der Waals surface area contributed by atoms with E-state index in [-0.39, 0.29) is 13.2 Å². The maximum absolute atomic E-state index is 11.8. The molecule has 0 amide bonds. The van der Waals surface area contributed by atoms with Gasteiger partial charge in [0.05, 0.1) is 27.7 Å². The summed E-state index contributed by atoms with van der Waals surface area (Å²) in [5.41, 5.74) is 0. The number of rotatable bonds is 24. The van der Waals surface area contributed by atoms with Crippen LogP contribution in [0.4, 0.5) is 0 Å². The number of quaternary nitrogens is 1. The van der Waals surface area contributed by atoms with Crippen LogP contribution in [0, 0.1) is 0 Å². The van der Waals surface area contributed by atoms with Gasteiger partial charge >= 0.3 is 5.97 Å². The summed E-state index contributed by atoms with van der Waals surface area (Å²) < 4.78 is 26.6. The number of nitrogens with zero attached hydrogens (tertiary/aromatic N) is 1. The van der Waals surface area contributed by atoms with Crippen molar-refractivity contribution in [2.45, 2.75) is 103 Å². The molecule has 0 aliphatic heterocycles. The average molecular weight is 522 g/mol. The molecule has 0 radical (unpaired) electrons. The molecule has 8 nitrogen and oxygen atoms in total. The van der Waals surface area contributed by atoms with Gasteiger partial charge in [-0.25, -0.2) is 0 Å². The Kier molecular flexibility index (Phi) is 20.9. The molecule has 1 N–H and O–H groups in total. The van der Waals surface area contributed by atoms with E-state index in [0.29, 0.717) is 17.4 Å². The molecule has 208 valence electrons. The first-order valence-electron chi connectivity index (χ1n) is 13.4. The summed E-state index contributed by atoms with van der Waals surface area (Å²) in [7, 11) is 1.24. The Balaban J connectivity index is 3.59. The van der Waals surface area contributed by atoms with E-state index in [1.54, 1.807) is 0 Å². The number of esters is 1. The van der Waals surface area contributed by atoms with Crippen molar-refractivity contribution in [3.63, 3.8) is 0 Å². The van der Waals surface area contributed by atoms with Crippen molar-refractivity contribution in [2.75, 3.05) is 47.5 Å². The van der Waals surface area contributed by atoms with E-state index in [4.69, 9.17) is 9.26 Å². The Hall–Kier alpha value is -0.760. The minimum absolute atomic E-state index is 0.00862. The van der Waals surface area contributed by atoms with Crippen molar-refractivity contribution in [2.24, 2.45) is 0 Å². The molecule has 0 aliphatic carbocycles. The topological polar surface area (TPSA) is 105 Å². The monoisotopic (exact) mass is 521 g/mol. The van der Waals surface area contributed by atoms with E-state index in [1.807, 2.05) is 21.1 Å².